The van der Waals surface area contributed by atoms with Crippen molar-refractivity contribution < 1.29 is 22.7 Å². The topological polar surface area (TPSA) is 77.8 Å². The number of aromatic nitrogens is 1. The molecule has 0 spiro atoms. The van der Waals surface area contributed by atoms with Gasteiger partial charge in [0.05, 0.1) is 36.0 Å². The fourth-order valence-corrected chi connectivity index (χ4v) is 5.35. The van der Waals surface area contributed by atoms with Crippen molar-refractivity contribution in [3.05, 3.63) is 71.9 Å². The van der Waals surface area contributed by atoms with Crippen LogP contribution in [-0.2, 0) is 19.5 Å². The Morgan fingerprint density at radius 2 is 1.75 bits per heavy atom. The van der Waals surface area contributed by atoms with Crippen LogP contribution in [0.25, 0.3) is 16.9 Å². The maximum Gasteiger partial charge on any atom is 0.339 e. The number of rotatable bonds is 6. The molecule has 0 radical (unpaired) electrons. The second kappa shape index (κ2) is 9.28. The van der Waals surface area contributed by atoms with Crippen molar-refractivity contribution in [2.75, 3.05) is 32.9 Å². The van der Waals surface area contributed by atoms with Crippen LogP contribution in [0.4, 0.5) is 0 Å². The van der Waals surface area contributed by atoms with Gasteiger partial charge in [0.15, 0.2) is 0 Å². The predicted octanol–water partition coefficient (Wildman–Crippen LogP) is 3.65. The first kappa shape index (κ1) is 22.3. The third-order valence-electron chi connectivity index (χ3n) is 5.49. The van der Waals surface area contributed by atoms with Crippen LogP contribution in [0.5, 0.6) is 0 Å². The SMILES string of the molecule is CCOC(=O)c1cc(-c2cccc(S(=O)(=O)N3CCOCC3)c2)n(-c2ccccc2)c1C. The third kappa shape index (κ3) is 4.21. The highest BCUT2D eigenvalue weighted by Crippen LogP contribution is 2.32. The largest absolute Gasteiger partial charge is 0.462 e. The van der Waals surface area contributed by atoms with Gasteiger partial charge < -0.3 is 14.0 Å². The second-order valence-electron chi connectivity index (χ2n) is 7.46. The number of morpholine rings is 1. The minimum absolute atomic E-state index is 0.216. The van der Waals surface area contributed by atoms with Crippen molar-refractivity contribution in [1.29, 1.82) is 0 Å². The number of hydrogen-bond acceptors (Lipinski definition) is 5. The molecule has 0 aliphatic carbocycles. The summed E-state index contributed by atoms with van der Waals surface area (Å²) in [6.07, 6.45) is 0. The molecule has 1 saturated heterocycles. The van der Waals surface area contributed by atoms with Gasteiger partial charge in [0.2, 0.25) is 10.0 Å². The molecule has 0 bridgehead atoms. The van der Waals surface area contributed by atoms with Gasteiger partial charge in [-0.1, -0.05) is 30.3 Å². The first-order valence-corrected chi connectivity index (χ1v) is 12.0. The number of benzene rings is 2. The van der Waals surface area contributed by atoms with Gasteiger partial charge in [-0.15, -0.1) is 0 Å². The van der Waals surface area contributed by atoms with E-state index in [2.05, 4.69) is 0 Å². The molecule has 0 amide bonds. The first-order chi connectivity index (χ1) is 15.4. The Morgan fingerprint density at radius 3 is 2.44 bits per heavy atom. The molecular weight excluding hydrogens is 428 g/mol. The van der Waals surface area contributed by atoms with Crippen LogP contribution in [0.2, 0.25) is 0 Å². The fourth-order valence-electron chi connectivity index (χ4n) is 3.90. The molecular formula is C24H26N2O5S. The number of carbonyl (C=O) groups excluding carboxylic acids is 1. The normalized spacial score (nSPS) is 14.9. The summed E-state index contributed by atoms with van der Waals surface area (Å²) >= 11 is 0. The molecule has 3 aromatic rings. The van der Waals surface area contributed by atoms with Crippen LogP contribution in [0.15, 0.2) is 65.6 Å². The van der Waals surface area contributed by atoms with Gasteiger partial charge in [0, 0.05) is 24.5 Å². The van der Waals surface area contributed by atoms with Crippen molar-refractivity contribution in [3.63, 3.8) is 0 Å². The molecule has 1 aliphatic heterocycles. The van der Waals surface area contributed by atoms with Gasteiger partial charge in [-0.2, -0.15) is 4.31 Å². The van der Waals surface area contributed by atoms with Crippen LogP contribution >= 0.6 is 0 Å². The van der Waals surface area contributed by atoms with Crippen LogP contribution in [0, 0.1) is 6.92 Å². The maximum atomic E-state index is 13.2. The van der Waals surface area contributed by atoms with Crippen molar-refractivity contribution >= 4 is 16.0 Å². The number of nitrogens with zero attached hydrogens (tertiary/aromatic N) is 2. The lowest BCUT2D eigenvalue weighted by Gasteiger charge is -2.26. The average molecular weight is 455 g/mol. The molecule has 2 heterocycles. The highest BCUT2D eigenvalue weighted by molar-refractivity contribution is 7.89. The molecule has 7 nitrogen and oxygen atoms in total. The zero-order chi connectivity index (χ0) is 22.7. The van der Waals surface area contributed by atoms with Gasteiger partial charge >= 0.3 is 5.97 Å². The predicted molar refractivity (Wildman–Crippen MR) is 121 cm³/mol. The summed E-state index contributed by atoms with van der Waals surface area (Å²) < 4.78 is 40.3. The number of esters is 1. The second-order valence-corrected chi connectivity index (χ2v) is 9.40. The lowest BCUT2D eigenvalue weighted by atomic mass is 10.1. The lowest BCUT2D eigenvalue weighted by molar-refractivity contribution is 0.0525. The van der Waals surface area contributed by atoms with Crippen LogP contribution in [0.1, 0.15) is 23.0 Å². The summed E-state index contributed by atoms with van der Waals surface area (Å²) in [4.78, 5) is 12.8. The van der Waals surface area contributed by atoms with Gasteiger partial charge in [-0.3, -0.25) is 0 Å². The Hall–Kier alpha value is -2.94. The quantitative estimate of drug-likeness (QED) is 0.532. The van der Waals surface area contributed by atoms with E-state index in [1.807, 2.05) is 47.9 Å². The van der Waals surface area contributed by atoms with E-state index in [0.717, 1.165) is 17.1 Å². The molecule has 1 aromatic heterocycles. The molecule has 2 aromatic carbocycles. The number of sulfonamides is 1. The molecule has 4 rings (SSSR count). The first-order valence-electron chi connectivity index (χ1n) is 10.6. The smallest absolute Gasteiger partial charge is 0.339 e. The summed E-state index contributed by atoms with van der Waals surface area (Å²) in [5.41, 5.74) is 3.47. The monoisotopic (exact) mass is 454 g/mol. The van der Waals surface area contributed by atoms with E-state index in [-0.39, 0.29) is 11.5 Å². The maximum absolute atomic E-state index is 13.2. The molecule has 32 heavy (non-hydrogen) atoms. The van der Waals surface area contributed by atoms with E-state index in [0.29, 0.717) is 37.4 Å². The molecule has 8 heteroatoms. The summed E-state index contributed by atoms with van der Waals surface area (Å²) in [5.74, 6) is -0.405. The third-order valence-corrected chi connectivity index (χ3v) is 7.39. The molecule has 1 aliphatic rings. The Bertz CT molecular complexity index is 1210. The lowest BCUT2D eigenvalue weighted by Crippen LogP contribution is -2.40. The summed E-state index contributed by atoms with van der Waals surface area (Å²) in [6, 6.07) is 18.2. The Balaban J connectivity index is 1.84. The fraction of sp³-hybridized carbons (Fsp3) is 0.292. The van der Waals surface area contributed by atoms with E-state index >= 15 is 0 Å². The number of para-hydroxylation sites is 1. The molecule has 0 N–H and O–H groups in total. The Morgan fingerprint density at radius 1 is 1.03 bits per heavy atom. The van der Waals surface area contributed by atoms with Gasteiger partial charge in [0.25, 0.3) is 0 Å². The zero-order valence-electron chi connectivity index (χ0n) is 18.2. The highest BCUT2D eigenvalue weighted by Gasteiger charge is 2.27. The number of ether oxygens (including phenoxy) is 2. The van der Waals surface area contributed by atoms with E-state index in [1.165, 1.54) is 4.31 Å². The minimum atomic E-state index is -3.65. The van der Waals surface area contributed by atoms with Crippen LogP contribution in [-0.4, -0.2) is 56.2 Å². The van der Waals surface area contributed by atoms with Crippen molar-refractivity contribution in [2.24, 2.45) is 0 Å². The van der Waals surface area contributed by atoms with Crippen LogP contribution < -0.4 is 0 Å². The van der Waals surface area contributed by atoms with Gasteiger partial charge in [-0.05, 0) is 49.7 Å². The van der Waals surface area contributed by atoms with Crippen molar-refractivity contribution in [3.8, 4) is 16.9 Å². The minimum Gasteiger partial charge on any atom is -0.462 e. The van der Waals surface area contributed by atoms with E-state index in [4.69, 9.17) is 9.47 Å². The van der Waals surface area contributed by atoms with Crippen LogP contribution in [0.3, 0.4) is 0 Å². The average Bonchev–Trinajstić information content (AvgIpc) is 3.17. The number of hydrogen-bond donors (Lipinski definition) is 0. The Kier molecular flexibility index (Phi) is 6.45. The Labute approximate surface area is 188 Å². The van der Waals surface area contributed by atoms with Crippen molar-refractivity contribution in [1.82, 2.24) is 8.87 Å². The summed E-state index contributed by atoms with van der Waals surface area (Å²) in [5, 5.41) is 0. The molecule has 0 unspecified atom stereocenters. The molecule has 0 atom stereocenters. The van der Waals surface area contributed by atoms with Crippen molar-refractivity contribution in [2.45, 2.75) is 18.7 Å². The van der Waals surface area contributed by atoms with Gasteiger partial charge in [-0.25, -0.2) is 13.2 Å². The highest BCUT2D eigenvalue weighted by atomic mass is 32.2. The standard InChI is InChI=1S/C24H26N2O5S/c1-3-31-24(27)22-17-23(26(18(22)2)20-9-5-4-6-10-20)19-8-7-11-21(16-19)32(28,29)25-12-14-30-15-13-25/h4-11,16-17H,3,12-15H2,1-2H3. The summed E-state index contributed by atoms with van der Waals surface area (Å²) in [6.45, 7) is 5.34. The zero-order valence-corrected chi connectivity index (χ0v) is 19.0. The van der Waals surface area contributed by atoms with E-state index < -0.39 is 16.0 Å². The van der Waals surface area contributed by atoms with E-state index in [9.17, 15) is 13.2 Å². The molecule has 1 fully saturated rings. The molecule has 168 valence electrons. The van der Waals surface area contributed by atoms with Gasteiger partial charge in [0.1, 0.15) is 0 Å². The number of carbonyl (C=O) groups is 1. The summed E-state index contributed by atoms with van der Waals surface area (Å²) in [7, 11) is -3.65. The molecule has 0 saturated carbocycles. The van der Waals surface area contributed by atoms with E-state index in [1.54, 1.807) is 31.2 Å².